The molecule has 4 aromatic rings. The molecule has 3 aromatic carbocycles. The van der Waals surface area contributed by atoms with Crippen LogP contribution in [0, 0.1) is 5.92 Å². The summed E-state index contributed by atoms with van der Waals surface area (Å²) in [5.41, 5.74) is 3.12. The number of carbonyl (C=O) groups excluding carboxylic acids is 2. The first-order valence-electron chi connectivity index (χ1n) is 16.4. The first-order valence-corrected chi connectivity index (χ1v) is 19.4. The summed E-state index contributed by atoms with van der Waals surface area (Å²) >= 11 is 0. The van der Waals surface area contributed by atoms with Gasteiger partial charge in [0.1, 0.15) is 6.10 Å². The van der Waals surface area contributed by atoms with Gasteiger partial charge >= 0.3 is 0 Å². The van der Waals surface area contributed by atoms with Crippen LogP contribution in [0.4, 0.5) is 11.4 Å². The Morgan fingerprint density at radius 2 is 1.75 bits per heavy atom. The molecule has 48 heavy (non-hydrogen) atoms. The van der Waals surface area contributed by atoms with E-state index in [0.717, 1.165) is 22.4 Å². The molecule has 1 saturated heterocycles. The molecule has 1 aromatic heterocycles. The number of hydrogen-bond donors (Lipinski definition) is 4. The summed E-state index contributed by atoms with van der Waals surface area (Å²) < 4.78 is 8.67. The maximum Gasteiger partial charge on any atom is 0.264 e. The summed E-state index contributed by atoms with van der Waals surface area (Å²) in [6, 6.07) is 24.6. The van der Waals surface area contributed by atoms with Gasteiger partial charge in [0.05, 0.1) is 36.6 Å². The minimum absolute atomic E-state index is 0.0947. The van der Waals surface area contributed by atoms with E-state index in [1.165, 1.54) is 6.92 Å². The second-order valence-electron chi connectivity index (χ2n) is 13.5. The van der Waals surface area contributed by atoms with E-state index in [2.05, 4.69) is 15.6 Å². The highest BCUT2D eigenvalue weighted by Crippen LogP contribution is 2.59. The molecule has 2 aliphatic rings. The molecule has 1 fully saturated rings. The molecule has 0 saturated carbocycles. The van der Waals surface area contributed by atoms with Crippen molar-refractivity contribution < 1.29 is 29.3 Å². The first-order chi connectivity index (χ1) is 22.9. The number of amides is 2. The molecule has 252 valence electrons. The number of ether oxygens (including phenoxy) is 1. The van der Waals surface area contributed by atoms with Crippen LogP contribution in [0.15, 0.2) is 85.1 Å². The van der Waals surface area contributed by atoms with E-state index in [-0.39, 0.29) is 29.9 Å². The fraction of sp³-hybridized carbons (Fsp3) is 0.389. The Labute approximate surface area is 281 Å². The third-order valence-corrected chi connectivity index (χ3v) is 12.3. The van der Waals surface area contributed by atoms with Gasteiger partial charge in [-0.25, -0.2) is 0 Å². The molecule has 0 bridgehead atoms. The zero-order valence-corrected chi connectivity index (χ0v) is 28.7. The van der Waals surface area contributed by atoms with E-state index in [1.54, 1.807) is 21.7 Å². The molecule has 11 nitrogen and oxygen atoms in total. The van der Waals surface area contributed by atoms with E-state index in [4.69, 9.17) is 4.74 Å². The highest BCUT2D eigenvalue weighted by molar-refractivity contribution is 6.71. The number of aliphatic hydroxyl groups excluding tert-OH is 2. The average molecular weight is 670 g/mol. The lowest BCUT2D eigenvalue weighted by atomic mass is 9.82. The van der Waals surface area contributed by atoms with E-state index in [0.29, 0.717) is 30.9 Å². The summed E-state index contributed by atoms with van der Waals surface area (Å²) in [4.78, 5) is 39.9. The SMILES string of the molecule is C[C@H](O)C(=O)Nc1ccc(CN2C(=O)[C@@]3(O[C@@H](CCn4cc(C(CO)c5ccccc5)nn4)[C@H]([Si](C)(C)O)[C@H]3C)c3ccccc32)cc1. The highest BCUT2D eigenvalue weighted by Gasteiger charge is 2.66. The Balaban J connectivity index is 1.24. The number of para-hydroxylation sites is 1. The van der Waals surface area contributed by atoms with Crippen molar-refractivity contribution in [3.8, 4) is 0 Å². The number of aliphatic hydroxyl groups is 2. The van der Waals surface area contributed by atoms with Gasteiger partial charge in [-0.1, -0.05) is 72.8 Å². The number of nitrogens with one attached hydrogen (secondary N) is 1. The van der Waals surface area contributed by atoms with Gasteiger partial charge in [0, 0.05) is 35.5 Å². The molecule has 6 rings (SSSR count). The molecule has 1 spiro atoms. The van der Waals surface area contributed by atoms with Crippen LogP contribution < -0.4 is 10.2 Å². The Morgan fingerprint density at radius 1 is 1.06 bits per heavy atom. The number of carbonyl (C=O) groups is 2. The largest absolute Gasteiger partial charge is 0.432 e. The predicted molar refractivity (Wildman–Crippen MR) is 184 cm³/mol. The van der Waals surface area contributed by atoms with Crippen LogP contribution in [-0.2, 0) is 33.0 Å². The second-order valence-corrected chi connectivity index (χ2v) is 17.4. The maximum atomic E-state index is 14.6. The minimum Gasteiger partial charge on any atom is -0.432 e. The normalized spacial score (nSPS) is 23.4. The molecule has 4 N–H and O–H groups in total. The monoisotopic (exact) mass is 669 g/mol. The molecule has 1 unspecified atom stereocenters. The van der Waals surface area contributed by atoms with Crippen LogP contribution in [0.3, 0.4) is 0 Å². The molecule has 2 aliphatic heterocycles. The van der Waals surface area contributed by atoms with Crippen molar-refractivity contribution in [3.05, 3.63) is 107 Å². The average Bonchev–Trinajstić information content (AvgIpc) is 3.72. The number of anilines is 2. The lowest BCUT2D eigenvalue weighted by molar-refractivity contribution is -0.146. The van der Waals surface area contributed by atoms with E-state index in [1.807, 2.05) is 92.9 Å². The van der Waals surface area contributed by atoms with Crippen LogP contribution in [0.2, 0.25) is 18.6 Å². The second kappa shape index (κ2) is 13.4. The summed E-state index contributed by atoms with van der Waals surface area (Å²) in [7, 11) is -2.85. The van der Waals surface area contributed by atoms with Crippen molar-refractivity contribution in [2.45, 2.75) is 75.7 Å². The lowest BCUT2D eigenvalue weighted by Crippen LogP contribution is -2.46. The summed E-state index contributed by atoms with van der Waals surface area (Å²) in [5.74, 6) is -1.24. The summed E-state index contributed by atoms with van der Waals surface area (Å²) in [5, 5.41) is 31.0. The van der Waals surface area contributed by atoms with Crippen molar-refractivity contribution in [1.82, 2.24) is 15.0 Å². The van der Waals surface area contributed by atoms with Gasteiger partial charge in [0.2, 0.25) is 0 Å². The van der Waals surface area contributed by atoms with Gasteiger partial charge in [-0.3, -0.25) is 14.3 Å². The fourth-order valence-electron chi connectivity index (χ4n) is 7.48. The van der Waals surface area contributed by atoms with Gasteiger partial charge in [-0.2, -0.15) is 0 Å². The highest BCUT2D eigenvalue weighted by atomic mass is 28.4. The Morgan fingerprint density at radius 3 is 2.42 bits per heavy atom. The Hall–Kier alpha value is -4.20. The Kier molecular flexibility index (Phi) is 9.38. The number of nitrogens with zero attached hydrogens (tertiary/aromatic N) is 4. The van der Waals surface area contributed by atoms with E-state index >= 15 is 0 Å². The van der Waals surface area contributed by atoms with Crippen LogP contribution in [0.5, 0.6) is 0 Å². The van der Waals surface area contributed by atoms with Crippen molar-refractivity contribution in [1.29, 1.82) is 0 Å². The zero-order valence-electron chi connectivity index (χ0n) is 27.7. The third kappa shape index (κ3) is 6.22. The maximum absolute atomic E-state index is 14.6. The van der Waals surface area contributed by atoms with Crippen molar-refractivity contribution in [2.24, 2.45) is 5.92 Å². The number of aromatic nitrogens is 3. The van der Waals surface area contributed by atoms with Gasteiger partial charge in [0.25, 0.3) is 11.8 Å². The molecular weight excluding hydrogens is 627 g/mol. The topological polar surface area (TPSA) is 150 Å². The fourth-order valence-corrected chi connectivity index (χ4v) is 10.1. The molecule has 3 heterocycles. The van der Waals surface area contributed by atoms with Gasteiger partial charge in [0.15, 0.2) is 13.9 Å². The quantitative estimate of drug-likeness (QED) is 0.174. The van der Waals surface area contributed by atoms with Crippen LogP contribution in [0.25, 0.3) is 0 Å². The zero-order chi connectivity index (χ0) is 34.2. The van der Waals surface area contributed by atoms with Gasteiger partial charge in [-0.15, -0.1) is 5.10 Å². The molecule has 12 heteroatoms. The predicted octanol–water partition coefficient (Wildman–Crippen LogP) is 4.16. The number of benzene rings is 3. The van der Waals surface area contributed by atoms with Crippen LogP contribution in [-0.4, -0.2) is 68.9 Å². The van der Waals surface area contributed by atoms with Crippen molar-refractivity contribution in [3.63, 3.8) is 0 Å². The van der Waals surface area contributed by atoms with Gasteiger partial charge in [-0.05, 0) is 55.8 Å². The van der Waals surface area contributed by atoms with Gasteiger partial charge < -0.3 is 30.0 Å². The van der Waals surface area contributed by atoms with Crippen LogP contribution >= 0.6 is 0 Å². The smallest absolute Gasteiger partial charge is 0.264 e. The van der Waals surface area contributed by atoms with Crippen molar-refractivity contribution >= 4 is 31.5 Å². The lowest BCUT2D eigenvalue weighted by Gasteiger charge is -2.32. The first kappa shape index (κ1) is 33.7. The summed E-state index contributed by atoms with van der Waals surface area (Å²) in [6.45, 7) is 7.90. The van der Waals surface area contributed by atoms with Crippen molar-refractivity contribution in [2.75, 3.05) is 16.8 Å². The minimum atomic E-state index is -2.85. The Bertz CT molecular complexity index is 1760. The van der Waals surface area contributed by atoms with E-state index < -0.39 is 32.0 Å². The molecule has 0 radical (unpaired) electrons. The molecular formula is C36H43N5O6Si. The standard InChI is InChI=1S/C36H43N5O6Si/c1-23-33(48(3,4)46)32(18-19-40-21-30(38-39-40)28(22-42)26-10-6-5-7-11-26)47-36(23)29-12-8-9-13-31(29)41(35(36)45)20-25-14-16-27(17-15-25)37-34(44)24(2)43/h5-17,21,23-24,28,32-33,42-43,46H,18-20,22H2,1-4H3,(H,37,44)/t23-,24+,28?,32+,33-,36+/m1/s1. The number of aryl methyl sites for hydroxylation is 1. The molecule has 2 amide bonds. The summed E-state index contributed by atoms with van der Waals surface area (Å²) in [6.07, 6.45) is 0.827. The van der Waals surface area contributed by atoms with E-state index in [9.17, 15) is 24.6 Å². The third-order valence-electron chi connectivity index (χ3n) is 9.77. The number of rotatable bonds is 11. The van der Waals surface area contributed by atoms with Crippen LogP contribution in [0.1, 0.15) is 48.6 Å². The number of fused-ring (bicyclic) bond motifs is 2. The molecule has 6 atom stereocenters. The molecule has 0 aliphatic carbocycles. The number of hydrogen-bond acceptors (Lipinski definition) is 8.